The van der Waals surface area contributed by atoms with Crippen LogP contribution >= 0.6 is 0 Å². The lowest BCUT2D eigenvalue weighted by atomic mass is 10.1. The van der Waals surface area contributed by atoms with Crippen molar-refractivity contribution in [3.63, 3.8) is 0 Å². The zero-order valence-electron chi connectivity index (χ0n) is 12.4. The van der Waals surface area contributed by atoms with Gasteiger partial charge in [0.05, 0.1) is 13.7 Å². The number of methoxy groups -OCH3 is 1. The van der Waals surface area contributed by atoms with Gasteiger partial charge in [0.1, 0.15) is 17.1 Å². The van der Waals surface area contributed by atoms with Crippen LogP contribution in [0.25, 0.3) is 0 Å². The van der Waals surface area contributed by atoms with Crippen LogP contribution in [0.4, 0.5) is 0 Å². The highest BCUT2D eigenvalue weighted by Crippen LogP contribution is 2.22. The van der Waals surface area contributed by atoms with Crippen molar-refractivity contribution in [3.05, 3.63) is 41.2 Å². The van der Waals surface area contributed by atoms with Crippen LogP contribution in [0.3, 0.4) is 0 Å². The van der Waals surface area contributed by atoms with E-state index in [0.717, 1.165) is 5.56 Å². The third-order valence-electron chi connectivity index (χ3n) is 3.51. The Morgan fingerprint density at radius 3 is 2.38 bits per heavy atom. The van der Waals surface area contributed by atoms with Crippen molar-refractivity contribution in [2.24, 2.45) is 0 Å². The molecule has 0 saturated carbocycles. The number of carbonyl (C=O) groups is 2. The molecule has 1 amide bonds. The topological polar surface area (TPSA) is 66.8 Å². The Kier molecular flexibility index (Phi) is 4.31. The van der Waals surface area contributed by atoms with E-state index in [1.807, 2.05) is 13.8 Å². The van der Waals surface area contributed by atoms with Gasteiger partial charge in [-0.1, -0.05) is 12.1 Å². The molecule has 1 aliphatic heterocycles. The molecule has 1 aromatic carbocycles. The number of allylic oxidation sites excluding steroid dienone is 1. The number of likely N-dealkylation sites (tertiary alicyclic amines) is 1. The van der Waals surface area contributed by atoms with Crippen LogP contribution in [-0.4, -0.2) is 41.4 Å². The van der Waals surface area contributed by atoms with Gasteiger partial charge in [0.15, 0.2) is 5.78 Å². The van der Waals surface area contributed by atoms with Crippen molar-refractivity contribution in [2.75, 3.05) is 13.7 Å². The average molecular weight is 289 g/mol. The Bertz CT molecular complexity index is 587. The fourth-order valence-corrected chi connectivity index (χ4v) is 2.30. The van der Waals surface area contributed by atoms with E-state index < -0.39 is 0 Å². The second-order valence-electron chi connectivity index (χ2n) is 5.30. The summed E-state index contributed by atoms with van der Waals surface area (Å²) in [5.74, 6) is -0.163. The molecule has 1 fully saturated rings. The molecule has 0 radical (unpaired) electrons. The monoisotopic (exact) mass is 289 g/mol. The van der Waals surface area contributed by atoms with Crippen LogP contribution in [0.1, 0.15) is 19.4 Å². The lowest BCUT2D eigenvalue weighted by Gasteiger charge is -2.18. The van der Waals surface area contributed by atoms with E-state index >= 15 is 0 Å². The molecular formula is C16H19NO4. The molecule has 5 nitrogen and oxygen atoms in total. The predicted octanol–water partition coefficient (Wildman–Crippen LogP) is 1.87. The normalized spacial score (nSPS) is 17.6. The first kappa shape index (κ1) is 15.1. The Hall–Kier alpha value is -2.30. The van der Waals surface area contributed by atoms with Gasteiger partial charge in [-0.05, 0) is 31.5 Å². The van der Waals surface area contributed by atoms with Crippen molar-refractivity contribution in [3.8, 4) is 5.75 Å². The first-order chi connectivity index (χ1) is 9.93. The molecule has 0 atom stereocenters. The molecule has 2 rings (SSSR count). The molecule has 1 aliphatic rings. The largest absolute Gasteiger partial charge is 0.511 e. The zero-order valence-corrected chi connectivity index (χ0v) is 12.4. The van der Waals surface area contributed by atoms with Gasteiger partial charge in [-0.2, -0.15) is 0 Å². The fourth-order valence-electron chi connectivity index (χ4n) is 2.30. The van der Waals surface area contributed by atoms with Crippen molar-refractivity contribution >= 4 is 11.7 Å². The molecule has 1 heterocycles. The second kappa shape index (κ2) is 5.99. The van der Waals surface area contributed by atoms with Crippen molar-refractivity contribution in [1.29, 1.82) is 0 Å². The molecule has 1 saturated heterocycles. The number of ketones is 1. The third-order valence-corrected chi connectivity index (χ3v) is 3.51. The van der Waals surface area contributed by atoms with Gasteiger partial charge in [0.2, 0.25) is 0 Å². The fraction of sp³-hybridized carbons (Fsp3) is 0.375. The Labute approximate surface area is 123 Å². The van der Waals surface area contributed by atoms with Crippen LogP contribution in [0.2, 0.25) is 0 Å². The molecular weight excluding hydrogens is 270 g/mol. The van der Waals surface area contributed by atoms with E-state index in [-0.39, 0.29) is 42.0 Å². The number of ether oxygens (including phenoxy) is 1. The van der Waals surface area contributed by atoms with Gasteiger partial charge in [0, 0.05) is 12.5 Å². The minimum atomic E-state index is -0.388. The number of Topliss-reactive ketones (excluding diaryl/α,β-unsaturated/α-hetero) is 1. The lowest BCUT2D eigenvalue weighted by molar-refractivity contribution is -0.126. The van der Waals surface area contributed by atoms with Crippen LogP contribution < -0.4 is 4.74 Å². The number of rotatable bonds is 4. The first-order valence-corrected chi connectivity index (χ1v) is 6.83. The highest BCUT2D eigenvalue weighted by atomic mass is 16.5. The highest BCUT2D eigenvalue weighted by molar-refractivity contribution is 6.25. The van der Waals surface area contributed by atoms with Gasteiger partial charge in [0.25, 0.3) is 5.91 Å². The van der Waals surface area contributed by atoms with Crippen LogP contribution in [-0.2, 0) is 16.0 Å². The number of benzene rings is 1. The number of hydrogen-bond acceptors (Lipinski definition) is 4. The molecule has 1 N–H and O–H groups in total. The van der Waals surface area contributed by atoms with Gasteiger partial charge < -0.3 is 14.7 Å². The standard InChI is InChI=1S/C16H19NO4/c1-10(2)17-9-14(19)15(16(17)20)13(18)8-11-4-6-12(21-3)7-5-11/h4-7,10,18H,8-9H2,1-3H3/b15-13+. The molecule has 21 heavy (non-hydrogen) atoms. The smallest absolute Gasteiger partial charge is 0.261 e. The lowest BCUT2D eigenvalue weighted by Crippen LogP contribution is -2.32. The Morgan fingerprint density at radius 2 is 1.90 bits per heavy atom. The van der Waals surface area contributed by atoms with E-state index in [1.54, 1.807) is 31.4 Å². The van der Waals surface area contributed by atoms with Gasteiger partial charge >= 0.3 is 0 Å². The van der Waals surface area contributed by atoms with Gasteiger partial charge in [-0.3, -0.25) is 9.59 Å². The van der Waals surface area contributed by atoms with Gasteiger partial charge in [-0.15, -0.1) is 0 Å². The molecule has 0 spiro atoms. The summed E-state index contributed by atoms with van der Waals surface area (Å²) in [6.45, 7) is 3.72. The molecule has 5 heteroatoms. The number of aliphatic hydroxyl groups is 1. The minimum absolute atomic E-state index is 0.0402. The molecule has 0 aliphatic carbocycles. The summed E-state index contributed by atoms with van der Waals surface area (Å²) in [6.07, 6.45) is 0.155. The van der Waals surface area contributed by atoms with E-state index in [1.165, 1.54) is 4.90 Å². The highest BCUT2D eigenvalue weighted by Gasteiger charge is 2.37. The predicted molar refractivity (Wildman–Crippen MR) is 78.2 cm³/mol. The molecule has 1 aromatic rings. The minimum Gasteiger partial charge on any atom is -0.511 e. The maximum absolute atomic E-state index is 12.2. The maximum atomic E-state index is 12.2. The van der Waals surface area contributed by atoms with Crippen molar-refractivity contribution in [1.82, 2.24) is 4.90 Å². The number of carbonyl (C=O) groups excluding carboxylic acids is 2. The summed E-state index contributed by atoms with van der Waals surface area (Å²) < 4.78 is 5.06. The van der Waals surface area contributed by atoms with E-state index in [4.69, 9.17) is 4.74 Å². The van der Waals surface area contributed by atoms with E-state index in [0.29, 0.717) is 5.75 Å². The van der Waals surface area contributed by atoms with E-state index in [9.17, 15) is 14.7 Å². The number of hydrogen-bond donors (Lipinski definition) is 1. The van der Waals surface area contributed by atoms with Crippen LogP contribution in [0.5, 0.6) is 5.75 Å². The van der Waals surface area contributed by atoms with Crippen molar-refractivity contribution < 1.29 is 19.4 Å². The van der Waals surface area contributed by atoms with E-state index in [2.05, 4.69) is 0 Å². The summed E-state index contributed by atoms with van der Waals surface area (Å²) in [4.78, 5) is 25.5. The molecule has 0 bridgehead atoms. The van der Waals surface area contributed by atoms with Gasteiger partial charge in [-0.25, -0.2) is 0 Å². The SMILES string of the molecule is COc1ccc(C/C(O)=C2/C(=O)CN(C(C)C)C2=O)cc1. The van der Waals surface area contributed by atoms with Crippen molar-refractivity contribution in [2.45, 2.75) is 26.3 Å². The molecule has 0 aromatic heterocycles. The van der Waals surface area contributed by atoms with Crippen LogP contribution in [0, 0.1) is 0 Å². The van der Waals surface area contributed by atoms with Crippen LogP contribution in [0.15, 0.2) is 35.6 Å². The summed E-state index contributed by atoms with van der Waals surface area (Å²) in [5.41, 5.74) is 0.726. The first-order valence-electron chi connectivity index (χ1n) is 6.83. The second-order valence-corrected chi connectivity index (χ2v) is 5.30. The Morgan fingerprint density at radius 1 is 1.29 bits per heavy atom. The maximum Gasteiger partial charge on any atom is 0.261 e. The average Bonchev–Trinajstić information content (AvgIpc) is 2.75. The third kappa shape index (κ3) is 3.07. The number of aliphatic hydroxyl groups excluding tert-OH is 1. The zero-order chi connectivity index (χ0) is 15.6. The summed E-state index contributed by atoms with van der Waals surface area (Å²) in [6, 6.07) is 7.06. The summed E-state index contributed by atoms with van der Waals surface area (Å²) in [7, 11) is 1.57. The quantitative estimate of drug-likeness (QED) is 0.522. The number of amides is 1. The Balaban J connectivity index is 2.22. The summed E-state index contributed by atoms with van der Waals surface area (Å²) in [5, 5.41) is 10.1. The summed E-state index contributed by atoms with van der Waals surface area (Å²) >= 11 is 0. The number of nitrogens with zero attached hydrogens (tertiary/aromatic N) is 1. The molecule has 0 unspecified atom stereocenters. The molecule has 112 valence electrons.